The number of rotatable bonds is 0. The molecule has 1 aliphatic heterocycles. The molecule has 2 atom stereocenters. The maximum absolute atomic E-state index is 5.74. The molecule has 0 aromatic heterocycles. The average molecular weight is 128 g/mol. The highest BCUT2D eigenvalue weighted by Gasteiger charge is 2.66. The summed E-state index contributed by atoms with van der Waals surface area (Å²) in [7, 11) is 0. The lowest BCUT2D eigenvalue weighted by Gasteiger charge is -2.16. The van der Waals surface area contributed by atoms with Gasteiger partial charge in [0.05, 0.1) is 0 Å². The molecule has 0 aromatic rings. The number of ether oxygens (including phenoxy) is 1. The number of nitrogens with two attached hydrogens (primary N) is 2. The van der Waals surface area contributed by atoms with E-state index in [4.69, 9.17) is 16.2 Å². The Kier molecular flexibility index (Phi) is 0.822. The standard InChI is InChI=1S/C6H12N2O/c7-5-3-1-2-4-6(5,8)9-5/h1-4,7-8H2. The summed E-state index contributed by atoms with van der Waals surface area (Å²) in [4.78, 5) is 0. The Morgan fingerprint density at radius 3 is 1.78 bits per heavy atom. The molecule has 1 saturated heterocycles. The molecule has 2 aliphatic rings. The van der Waals surface area contributed by atoms with Crippen LogP contribution < -0.4 is 11.5 Å². The molecular weight excluding hydrogens is 116 g/mol. The van der Waals surface area contributed by atoms with E-state index in [9.17, 15) is 0 Å². The molecule has 2 fully saturated rings. The minimum Gasteiger partial charge on any atom is -0.331 e. The van der Waals surface area contributed by atoms with Crippen LogP contribution in [0.5, 0.6) is 0 Å². The first-order chi connectivity index (χ1) is 4.16. The molecular formula is C6H12N2O. The molecule has 0 radical (unpaired) electrons. The second-order valence-electron chi connectivity index (χ2n) is 3.09. The van der Waals surface area contributed by atoms with Crippen LogP contribution in [-0.4, -0.2) is 11.4 Å². The first kappa shape index (κ1) is 5.65. The normalized spacial score (nSPS) is 56.7. The molecule has 0 amide bonds. The molecule has 9 heavy (non-hydrogen) atoms. The van der Waals surface area contributed by atoms with Gasteiger partial charge in [-0.05, 0) is 25.7 Å². The Bertz CT molecular complexity index is 126. The molecule has 3 heteroatoms. The predicted molar refractivity (Wildman–Crippen MR) is 33.4 cm³/mol. The highest BCUT2D eigenvalue weighted by atomic mass is 16.7. The Balaban J connectivity index is 2.15. The number of fused-ring (bicyclic) bond motifs is 1. The van der Waals surface area contributed by atoms with Crippen molar-refractivity contribution in [2.45, 2.75) is 37.1 Å². The van der Waals surface area contributed by atoms with Crippen molar-refractivity contribution in [3.63, 3.8) is 0 Å². The Morgan fingerprint density at radius 1 is 1.00 bits per heavy atom. The van der Waals surface area contributed by atoms with Crippen LogP contribution in [0.15, 0.2) is 0 Å². The average Bonchev–Trinajstić information content (AvgIpc) is 2.33. The van der Waals surface area contributed by atoms with E-state index in [0.717, 1.165) is 25.7 Å². The van der Waals surface area contributed by atoms with Crippen LogP contribution >= 0.6 is 0 Å². The van der Waals surface area contributed by atoms with Crippen LogP contribution in [0.1, 0.15) is 25.7 Å². The summed E-state index contributed by atoms with van der Waals surface area (Å²) in [5.41, 5.74) is 10.6. The summed E-state index contributed by atoms with van der Waals surface area (Å²) in [6.07, 6.45) is 4.19. The van der Waals surface area contributed by atoms with Gasteiger partial charge in [0.25, 0.3) is 0 Å². The van der Waals surface area contributed by atoms with Gasteiger partial charge >= 0.3 is 0 Å². The third-order valence-electron chi connectivity index (χ3n) is 2.39. The van der Waals surface area contributed by atoms with E-state index in [-0.39, 0.29) is 0 Å². The molecule has 3 nitrogen and oxygen atoms in total. The van der Waals surface area contributed by atoms with Crippen LogP contribution in [0, 0.1) is 0 Å². The Hall–Kier alpha value is -0.120. The molecule has 0 spiro atoms. The van der Waals surface area contributed by atoms with E-state index in [2.05, 4.69) is 0 Å². The SMILES string of the molecule is NC12CCCCC1(N)O2. The second-order valence-corrected chi connectivity index (χ2v) is 3.09. The first-order valence-corrected chi connectivity index (χ1v) is 3.44. The molecule has 1 aliphatic carbocycles. The van der Waals surface area contributed by atoms with E-state index in [1.807, 2.05) is 0 Å². The summed E-state index contributed by atoms with van der Waals surface area (Å²) in [5.74, 6) is 0. The van der Waals surface area contributed by atoms with Crippen LogP contribution in [0.4, 0.5) is 0 Å². The minimum atomic E-state index is -0.439. The highest BCUT2D eigenvalue weighted by Crippen LogP contribution is 2.49. The molecule has 2 rings (SSSR count). The van der Waals surface area contributed by atoms with E-state index < -0.39 is 11.4 Å². The van der Waals surface area contributed by atoms with Crippen LogP contribution in [0.25, 0.3) is 0 Å². The van der Waals surface area contributed by atoms with E-state index in [1.165, 1.54) is 0 Å². The van der Waals surface area contributed by atoms with Crippen molar-refractivity contribution in [1.29, 1.82) is 0 Å². The fourth-order valence-corrected chi connectivity index (χ4v) is 1.60. The molecule has 2 unspecified atom stereocenters. The molecule has 52 valence electrons. The smallest absolute Gasteiger partial charge is 0.162 e. The molecule has 1 saturated carbocycles. The van der Waals surface area contributed by atoms with Crippen molar-refractivity contribution < 1.29 is 4.74 Å². The van der Waals surface area contributed by atoms with Gasteiger partial charge in [-0.1, -0.05) is 0 Å². The van der Waals surface area contributed by atoms with Crippen molar-refractivity contribution in [3.8, 4) is 0 Å². The number of epoxide rings is 1. The molecule has 4 N–H and O–H groups in total. The van der Waals surface area contributed by atoms with Gasteiger partial charge < -0.3 is 4.74 Å². The van der Waals surface area contributed by atoms with Gasteiger partial charge in [-0.2, -0.15) is 0 Å². The van der Waals surface area contributed by atoms with Gasteiger partial charge in [-0.15, -0.1) is 0 Å². The summed E-state index contributed by atoms with van der Waals surface area (Å²) in [6.45, 7) is 0. The second kappa shape index (κ2) is 1.31. The third-order valence-corrected chi connectivity index (χ3v) is 2.39. The quantitative estimate of drug-likeness (QED) is 0.448. The predicted octanol–water partition coefficient (Wildman–Crippen LogP) is -0.0994. The van der Waals surface area contributed by atoms with Gasteiger partial charge in [-0.3, -0.25) is 11.5 Å². The zero-order valence-corrected chi connectivity index (χ0v) is 5.39. The number of hydrogen-bond acceptors (Lipinski definition) is 3. The van der Waals surface area contributed by atoms with Crippen LogP contribution in [-0.2, 0) is 4.74 Å². The fraction of sp³-hybridized carbons (Fsp3) is 1.00. The zero-order valence-electron chi connectivity index (χ0n) is 5.39. The summed E-state index contributed by atoms with van der Waals surface area (Å²) in [6, 6.07) is 0. The maximum atomic E-state index is 5.74. The van der Waals surface area contributed by atoms with Gasteiger partial charge in [-0.25, -0.2) is 0 Å². The van der Waals surface area contributed by atoms with Crippen LogP contribution in [0.2, 0.25) is 0 Å². The third kappa shape index (κ3) is 0.569. The molecule has 0 aromatic carbocycles. The van der Waals surface area contributed by atoms with Crippen molar-refractivity contribution >= 4 is 0 Å². The van der Waals surface area contributed by atoms with Crippen molar-refractivity contribution in [2.75, 3.05) is 0 Å². The van der Waals surface area contributed by atoms with Gasteiger partial charge in [0, 0.05) is 0 Å². The molecule has 1 heterocycles. The lowest BCUT2D eigenvalue weighted by atomic mass is 9.92. The van der Waals surface area contributed by atoms with Crippen molar-refractivity contribution in [1.82, 2.24) is 0 Å². The van der Waals surface area contributed by atoms with Crippen LogP contribution in [0.3, 0.4) is 0 Å². The largest absolute Gasteiger partial charge is 0.331 e. The summed E-state index contributed by atoms with van der Waals surface area (Å²) >= 11 is 0. The lowest BCUT2D eigenvalue weighted by molar-refractivity contribution is 0.268. The van der Waals surface area contributed by atoms with E-state index in [1.54, 1.807) is 0 Å². The van der Waals surface area contributed by atoms with Gasteiger partial charge in [0.2, 0.25) is 0 Å². The summed E-state index contributed by atoms with van der Waals surface area (Å²) in [5, 5.41) is 0. The lowest BCUT2D eigenvalue weighted by Crippen LogP contribution is -2.43. The van der Waals surface area contributed by atoms with E-state index in [0.29, 0.717) is 0 Å². The molecule has 0 bridgehead atoms. The Labute approximate surface area is 54.3 Å². The maximum Gasteiger partial charge on any atom is 0.162 e. The monoisotopic (exact) mass is 128 g/mol. The fourth-order valence-electron chi connectivity index (χ4n) is 1.60. The van der Waals surface area contributed by atoms with Gasteiger partial charge in [0.15, 0.2) is 11.4 Å². The Morgan fingerprint density at radius 2 is 1.44 bits per heavy atom. The first-order valence-electron chi connectivity index (χ1n) is 3.44. The topological polar surface area (TPSA) is 64.6 Å². The minimum absolute atomic E-state index is 0.439. The number of hydrogen-bond donors (Lipinski definition) is 2. The highest BCUT2D eigenvalue weighted by molar-refractivity contribution is 5.10. The van der Waals surface area contributed by atoms with Crippen molar-refractivity contribution in [3.05, 3.63) is 0 Å². The van der Waals surface area contributed by atoms with E-state index >= 15 is 0 Å². The van der Waals surface area contributed by atoms with Gasteiger partial charge in [0.1, 0.15) is 0 Å². The summed E-state index contributed by atoms with van der Waals surface area (Å²) < 4.78 is 5.21. The van der Waals surface area contributed by atoms with Crippen molar-refractivity contribution in [2.24, 2.45) is 11.5 Å². The zero-order chi connectivity index (χ0) is 6.54.